The van der Waals surface area contributed by atoms with E-state index in [0.717, 1.165) is 0 Å². The molecule has 0 rings (SSSR count). The highest BCUT2D eigenvalue weighted by molar-refractivity contribution is 4.43. The third-order valence-electron chi connectivity index (χ3n) is 1.55. The smallest absolute Gasteiger partial charge is 0.313 e. The zero-order valence-electron chi connectivity index (χ0n) is 6.93. The fraction of sp³-hybridized carbons (Fsp3) is 1.00. The zero-order chi connectivity index (χ0) is 7.71. The van der Waals surface area contributed by atoms with Gasteiger partial charge in [-0.3, -0.25) is 4.48 Å². The van der Waals surface area contributed by atoms with Crippen molar-refractivity contribution >= 4 is 0 Å². The third kappa shape index (κ3) is 2.84. The minimum absolute atomic E-state index is 0. The number of hydrogen-bond donors (Lipinski definition) is 2. The Morgan fingerprint density at radius 1 is 1.20 bits per heavy atom. The Morgan fingerprint density at radius 3 is 1.50 bits per heavy atom. The van der Waals surface area contributed by atoms with Crippen LogP contribution in [-0.2, 0) is 0 Å². The van der Waals surface area contributed by atoms with Gasteiger partial charge in [-0.1, -0.05) is 6.92 Å². The predicted octanol–water partition coefficient (Wildman–Crippen LogP) is -3.25. The number of hydrogen-bond acceptors (Lipinski definition) is 2. The van der Waals surface area contributed by atoms with Crippen molar-refractivity contribution in [2.45, 2.75) is 19.3 Å². The Morgan fingerprint density at radius 2 is 1.50 bits per heavy atom. The molecule has 0 atom stereocenters. The van der Waals surface area contributed by atoms with Crippen LogP contribution in [0.3, 0.4) is 0 Å². The van der Waals surface area contributed by atoms with Crippen LogP contribution in [-0.4, -0.2) is 41.8 Å². The van der Waals surface area contributed by atoms with E-state index in [0.29, 0.717) is 6.42 Å². The first-order valence-corrected chi connectivity index (χ1v) is 3.07. The minimum atomic E-state index is -1.58. The zero-order valence-corrected chi connectivity index (χ0v) is 7.68. The SMILES string of the molecule is CCC(O)(O)[N+](C)(C)C.[Cl-]. The summed E-state index contributed by atoms with van der Waals surface area (Å²) in [6, 6.07) is 0. The lowest BCUT2D eigenvalue weighted by Crippen LogP contribution is -3.00. The molecule has 3 nitrogen and oxygen atoms in total. The Hall–Kier alpha value is 0.170. The largest absolute Gasteiger partial charge is 1.00 e. The first-order valence-electron chi connectivity index (χ1n) is 3.07. The highest BCUT2D eigenvalue weighted by Gasteiger charge is 2.36. The molecule has 0 unspecified atom stereocenters. The van der Waals surface area contributed by atoms with Gasteiger partial charge >= 0.3 is 5.91 Å². The molecule has 4 heteroatoms. The molecule has 0 aromatic rings. The van der Waals surface area contributed by atoms with E-state index in [4.69, 9.17) is 0 Å². The van der Waals surface area contributed by atoms with Gasteiger partial charge in [0.15, 0.2) is 0 Å². The first-order chi connectivity index (χ1) is 3.81. The van der Waals surface area contributed by atoms with E-state index >= 15 is 0 Å². The van der Waals surface area contributed by atoms with Gasteiger partial charge in [0, 0.05) is 0 Å². The van der Waals surface area contributed by atoms with Gasteiger partial charge in [-0.2, -0.15) is 0 Å². The summed E-state index contributed by atoms with van der Waals surface area (Å²) in [7, 11) is 5.22. The maximum Gasteiger partial charge on any atom is 0.313 e. The summed E-state index contributed by atoms with van der Waals surface area (Å²) in [6.45, 7) is 1.74. The highest BCUT2D eigenvalue weighted by atomic mass is 35.5. The van der Waals surface area contributed by atoms with Crippen LogP contribution in [0.15, 0.2) is 0 Å². The van der Waals surface area contributed by atoms with E-state index in [2.05, 4.69) is 0 Å². The predicted molar refractivity (Wildman–Crippen MR) is 35.5 cm³/mol. The Bertz CT molecular complexity index is 98.4. The van der Waals surface area contributed by atoms with Gasteiger partial charge in [0.2, 0.25) is 0 Å². The second kappa shape index (κ2) is 3.53. The molecule has 0 saturated carbocycles. The summed E-state index contributed by atoms with van der Waals surface area (Å²) in [6.07, 6.45) is 0.344. The maximum atomic E-state index is 9.19. The molecule has 0 aromatic heterocycles. The van der Waals surface area contributed by atoms with E-state index in [1.54, 1.807) is 28.1 Å². The molecular formula is C6H16ClNO2. The first kappa shape index (κ1) is 12.8. The summed E-state index contributed by atoms with van der Waals surface area (Å²) >= 11 is 0. The molecule has 2 N–H and O–H groups in total. The average Bonchev–Trinajstić information content (AvgIpc) is 1.64. The molecular weight excluding hydrogens is 154 g/mol. The van der Waals surface area contributed by atoms with Crippen molar-refractivity contribution < 1.29 is 27.1 Å². The summed E-state index contributed by atoms with van der Waals surface area (Å²) in [4.78, 5) is 0. The van der Waals surface area contributed by atoms with Crippen LogP contribution in [0.5, 0.6) is 0 Å². The molecule has 64 valence electrons. The van der Waals surface area contributed by atoms with Crippen molar-refractivity contribution in [3.8, 4) is 0 Å². The number of quaternary nitrogens is 1. The van der Waals surface area contributed by atoms with Gasteiger partial charge in [0.1, 0.15) is 0 Å². The van der Waals surface area contributed by atoms with Crippen molar-refractivity contribution in [2.75, 3.05) is 21.1 Å². The molecule has 0 spiro atoms. The summed E-state index contributed by atoms with van der Waals surface area (Å²) < 4.78 is 0.156. The van der Waals surface area contributed by atoms with Gasteiger partial charge in [0.25, 0.3) is 0 Å². The van der Waals surface area contributed by atoms with Gasteiger partial charge < -0.3 is 22.6 Å². The van der Waals surface area contributed by atoms with E-state index in [-0.39, 0.29) is 16.9 Å². The fourth-order valence-corrected chi connectivity index (χ4v) is 0.474. The normalized spacial score (nSPS) is 12.6. The van der Waals surface area contributed by atoms with Crippen molar-refractivity contribution in [1.82, 2.24) is 0 Å². The molecule has 0 aliphatic heterocycles. The number of rotatable bonds is 2. The third-order valence-corrected chi connectivity index (χ3v) is 1.55. The van der Waals surface area contributed by atoms with Crippen LogP contribution in [0.4, 0.5) is 0 Å². The van der Waals surface area contributed by atoms with Crippen LogP contribution in [0.2, 0.25) is 0 Å². The molecule has 0 saturated heterocycles. The maximum absolute atomic E-state index is 9.19. The number of nitrogens with zero attached hydrogens (tertiary/aromatic N) is 1. The molecule has 0 aliphatic rings. The van der Waals surface area contributed by atoms with Crippen molar-refractivity contribution in [3.63, 3.8) is 0 Å². The number of aliphatic hydroxyl groups is 2. The quantitative estimate of drug-likeness (QED) is 0.337. The Labute approximate surface area is 68.3 Å². The summed E-state index contributed by atoms with van der Waals surface area (Å²) in [5.74, 6) is -1.58. The van der Waals surface area contributed by atoms with Gasteiger partial charge in [0.05, 0.1) is 27.6 Å². The van der Waals surface area contributed by atoms with E-state index in [1.165, 1.54) is 0 Å². The van der Waals surface area contributed by atoms with Crippen LogP contribution in [0.1, 0.15) is 13.3 Å². The van der Waals surface area contributed by atoms with Crippen LogP contribution < -0.4 is 12.4 Å². The average molecular weight is 170 g/mol. The van der Waals surface area contributed by atoms with Gasteiger partial charge in [-0.25, -0.2) is 0 Å². The minimum Gasteiger partial charge on any atom is -1.00 e. The molecule has 0 heterocycles. The molecule has 0 aliphatic carbocycles. The standard InChI is InChI=1S/C6H16NO2.ClH/c1-5-6(8,9)7(2,3)4;/h8-9H,5H2,1-4H3;1H/q+1;/p-1. The monoisotopic (exact) mass is 169 g/mol. The topological polar surface area (TPSA) is 40.5 Å². The molecule has 0 aromatic carbocycles. The van der Waals surface area contributed by atoms with Crippen LogP contribution in [0, 0.1) is 0 Å². The number of halogens is 1. The second-order valence-electron chi connectivity index (χ2n) is 3.14. The fourth-order valence-electron chi connectivity index (χ4n) is 0.474. The molecule has 0 bridgehead atoms. The van der Waals surface area contributed by atoms with E-state index in [9.17, 15) is 10.2 Å². The lowest BCUT2D eigenvalue weighted by Gasteiger charge is -2.36. The lowest BCUT2D eigenvalue weighted by molar-refractivity contribution is -0.979. The van der Waals surface area contributed by atoms with E-state index in [1.807, 2.05) is 0 Å². The van der Waals surface area contributed by atoms with Crippen molar-refractivity contribution in [1.29, 1.82) is 0 Å². The Balaban J connectivity index is 0. The summed E-state index contributed by atoms with van der Waals surface area (Å²) in [5, 5.41) is 18.4. The van der Waals surface area contributed by atoms with Crippen molar-refractivity contribution in [3.05, 3.63) is 0 Å². The van der Waals surface area contributed by atoms with E-state index < -0.39 is 5.91 Å². The van der Waals surface area contributed by atoms with Crippen LogP contribution >= 0.6 is 0 Å². The van der Waals surface area contributed by atoms with Crippen molar-refractivity contribution in [2.24, 2.45) is 0 Å². The molecule has 0 amide bonds. The van der Waals surface area contributed by atoms with Crippen LogP contribution in [0.25, 0.3) is 0 Å². The van der Waals surface area contributed by atoms with Gasteiger partial charge in [-0.05, 0) is 0 Å². The second-order valence-corrected chi connectivity index (χ2v) is 3.14. The lowest BCUT2D eigenvalue weighted by atomic mass is 10.3. The summed E-state index contributed by atoms with van der Waals surface area (Å²) in [5.41, 5.74) is 0. The molecule has 0 radical (unpaired) electrons. The van der Waals surface area contributed by atoms with Gasteiger partial charge in [-0.15, -0.1) is 0 Å². The Kier molecular flexibility index (Phi) is 4.52. The highest BCUT2D eigenvalue weighted by Crippen LogP contribution is 2.14. The molecule has 10 heavy (non-hydrogen) atoms. The molecule has 0 fully saturated rings.